The average Bonchev–Trinajstić information content (AvgIpc) is 2.57. The van der Waals surface area contributed by atoms with Gasteiger partial charge in [0.05, 0.1) is 22.6 Å². The lowest BCUT2D eigenvalue weighted by Crippen LogP contribution is -2.30. The van der Waals surface area contributed by atoms with Gasteiger partial charge in [-0.1, -0.05) is 0 Å². The molecule has 5 nitrogen and oxygen atoms in total. The summed E-state index contributed by atoms with van der Waals surface area (Å²) in [6, 6.07) is 0. The molecule has 1 aromatic heterocycles. The van der Waals surface area contributed by atoms with Crippen LogP contribution < -0.4 is 4.72 Å². The van der Waals surface area contributed by atoms with Gasteiger partial charge in [-0.15, -0.1) is 11.3 Å². The molecule has 1 atom stereocenters. The van der Waals surface area contributed by atoms with Gasteiger partial charge in [-0.2, -0.15) is 0 Å². The highest BCUT2D eigenvalue weighted by atomic mass is 32.2. The van der Waals surface area contributed by atoms with E-state index in [0.717, 1.165) is 30.0 Å². The Morgan fingerprint density at radius 1 is 1.44 bits per heavy atom. The third kappa shape index (κ3) is 3.66. The molecule has 0 unspecified atom stereocenters. The van der Waals surface area contributed by atoms with Crippen molar-refractivity contribution in [3.63, 3.8) is 0 Å². The number of hydrogen-bond acceptors (Lipinski definition) is 5. The summed E-state index contributed by atoms with van der Waals surface area (Å²) in [5.41, 5.74) is 0.727. The lowest BCUT2D eigenvalue weighted by Gasteiger charge is -2.22. The van der Waals surface area contributed by atoms with Crippen LogP contribution in [0, 0.1) is 13.8 Å². The highest BCUT2D eigenvalue weighted by molar-refractivity contribution is 7.92. The Hall–Kier alpha value is -0.660. The SMILES string of the molecule is Cc1nc(C)c(NS(=O)(=O)C[C@H]2CCCCO2)s1. The molecule has 0 spiro atoms. The first-order chi connectivity index (χ1) is 8.46. The second kappa shape index (κ2) is 5.54. The van der Waals surface area contributed by atoms with Crippen molar-refractivity contribution in [3.05, 3.63) is 10.7 Å². The highest BCUT2D eigenvalue weighted by Crippen LogP contribution is 2.25. The van der Waals surface area contributed by atoms with Crippen molar-refractivity contribution in [3.8, 4) is 0 Å². The number of thiazole rings is 1. The Morgan fingerprint density at radius 2 is 2.22 bits per heavy atom. The molecular weight excluding hydrogens is 272 g/mol. The molecule has 1 fully saturated rings. The molecule has 1 aliphatic heterocycles. The van der Waals surface area contributed by atoms with E-state index < -0.39 is 10.0 Å². The number of aromatic nitrogens is 1. The number of rotatable bonds is 4. The fraction of sp³-hybridized carbons (Fsp3) is 0.727. The van der Waals surface area contributed by atoms with Crippen molar-refractivity contribution in [2.24, 2.45) is 0 Å². The summed E-state index contributed by atoms with van der Waals surface area (Å²) in [4.78, 5) is 4.20. The maximum atomic E-state index is 12.0. The zero-order valence-electron chi connectivity index (χ0n) is 10.6. The number of hydrogen-bond donors (Lipinski definition) is 1. The Balaban J connectivity index is 2.00. The molecule has 102 valence electrons. The standard InChI is InChI=1S/C11H18N2O3S2/c1-8-11(17-9(2)12-8)13-18(14,15)7-10-5-3-4-6-16-10/h10,13H,3-7H2,1-2H3/t10-/m1/s1. The van der Waals surface area contributed by atoms with Crippen molar-refractivity contribution in [1.82, 2.24) is 4.98 Å². The molecule has 0 aromatic carbocycles. The predicted molar refractivity (Wildman–Crippen MR) is 72.6 cm³/mol. The van der Waals surface area contributed by atoms with E-state index in [0.29, 0.717) is 11.6 Å². The van der Waals surface area contributed by atoms with Crippen LogP contribution in [-0.2, 0) is 14.8 Å². The second-order valence-corrected chi connectivity index (χ2v) is 7.49. The van der Waals surface area contributed by atoms with Crippen molar-refractivity contribution >= 4 is 26.4 Å². The lowest BCUT2D eigenvalue weighted by atomic mass is 10.1. The Bertz CT molecular complexity index is 504. The number of anilines is 1. The first kappa shape index (κ1) is 13.8. The summed E-state index contributed by atoms with van der Waals surface area (Å²) < 4.78 is 32.1. The largest absolute Gasteiger partial charge is 0.377 e. The fourth-order valence-electron chi connectivity index (χ4n) is 1.99. The highest BCUT2D eigenvalue weighted by Gasteiger charge is 2.23. The van der Waals surface area contributed by atoms with Gasteiger partial charge >= 0.3 is 0 Å². The minimum absolute atomic E-state index is 0.0311. The zero-order valence-corrected chi connectivity index (χ0v) is 12.2. The van der Waals surface area contributed by atoms with Gasteiger partial charge in [0.15, 0.2) is 0 Å². The summed E-state index contributed by atoms with van der Waals surface area (Å²) in [5, 5.41) is 1.47. The molecule has 0 aliphatic carbocycles. The van der Waals surface area contributed by atoms with Crippen molar-refractivity contribution in [2.75, 3.05) is 17.1 Å². The van der Waals surface area contributed by atoms with Crippen LogP contribution in [0.4, 0.5) is 5.00 Å². The number of aryl methyl sites for hydroxylation is 2. The molecular formula is C11H18N2O3S2. The molecule has 1 aromatic rings. The van der Waals surface area contributed by atoms with Crippen LogP contribution in [0.15, 0.2) is 0 Å². The minimum Gasteiger partial charge on any atom is -0.377 e. The lowest BCUT2D eigenvalue weighted by molar-refractivity contribution is 0.0306. The molecule has 7 heteroatoms. The Kier molecular flexibility index (Phi) is 4.24. The smallest absolute Gasteiger partial charge is 0.235 e. The van der Waals surface area contributed by atoms with Gasteiger partial charge in [0.1, 0.15) is 5.00 Å². The van der Waals surface area contributed by atoms with Crippen LogP contribution in [0.5, 0.6) is 0 Å². The normalized spacial score (nSPS) is 20.9. The van der Waals surface area contributed by atoms with E-state index >= 15 is 0 Å². The maximum absolute atomic E-state index is 12.0. The van der Waals surface area contributed by atoms with E-state index in [1.165, 1.54) is 11.3 Å². The molecule has 2 heterocycles. The van der Waals surface area contributed by atoms with Crippen LogP contribution >= 0.6 is 11.3 Å². The zero-order chi connectivity index (χ0) is 13.2. The van der Waals surface area contributed by atoms with E-state index in [2.05, 4.69) is 9.71 Å². The molecule has 0 amide bonds. The van der Waals surface area contributed by atoms with E-state index in [1.54, 1.807) is 6.92 Å². The molecule has 1 saturated heterocycles. The maximum Gasteiger partial charge on any atom is 0.235 e. The third-order valence-corrected chi connectivity index (χ3v) is 5.27. The van der Waals surface area contributed by atoms with Crippen LogP contribution in [0.1, 0.15) is 30.0 Å². The molecule has 0 bridgehead atoms. The molecule has 1 aliphatic rings. The summed E-state index contributed by atoms with van der Waals surface area (Å²) in [6.45, 7) is 4.33. The van der Waals surface area contributed by atoms with Crippen molar-refractivity contribution in [1.29, 1.82) is 0 Å². The molecule has 0 radical (unpaired) electrons. The quantitative estimate of drug-likeness (QED) is 0.921. The van der Waals surface area contributed by atoms with Crippen LogP contribution in [0.25, 0.3) is 0 Å². The first-order valence-electron chi connectivity index (χ1n) is 6.02. The van der Waals surface area contributed by atoms with Crippen LogP contribution in [-0.4, -0.2) is 31.9 Å². The second-order valence-electron chi connectivity index (χ2n) is 4.52. The van der Waals surface area contributed by atoms with Crippen molar-refractivity contribution in [2.45, 2.75) is 39.2 Å². The number of sulfonamides is 1. The van der Waals surface area contributed by atoms with E-state index in [4.69, 9.17) is 4.74 Å². The predicted octanol–water partition coefficient (Wildman–Crippen LogP) is 2.07. The van der Waals surface area contributed by atoms with Gasteiger partial charge in [-0.05, 0) is 33.1 Å². The third-order valence-electron chi connectivity index (χ3n) is 2.83. The molecule has 18 heavy (non-hydrogen) atoms. The van der Waals surface area contributed by atoms with Gasteiger partial charge < -0.3 is 4.74 Å². The summed E-state index contributed by atoms with van der Waals surface area (Å²) in [6.07, 6.45) is 2.71. The number of ether oxygens (including phenoxy) is 1. The molecule has 2 rings (SSSR count). The van der Waals surface area contributed by atoms with E-state index in [1.807, 2.05) is 6.92 Å². The summed E-state index contributed by atoms with van der Waals surface area (Å²) in [7, 11) is -3.35. The van der Waals surface area contributed by atoms with E-state index in [-0.39, 0.29) is 11.9 Å². The first-order valence-corrected chi connectivity index (χ1v) is 8.49. The summed E-state index contributed by atoms with van der Waals surface area (Å²) in [5.74, 6) is 0.0311. The Labute approximate surface area is 112 Å². The van der Waals surface area contributed by atoms with Gasteiger partial charge in [-0.3, -0.25) is 4.72 Å². The monoisotopic (exact) mass is 290 g/mol. The topological polar surface area (TPSA) is 68.3 Å². The van der Waals surface area contributed by atoms with Crippen molar-refractivity contribution < 1.29 is 13.2 Å². The number of nitrogens with zero attached hydrogens (tertiary/aromatic N) is 1. The minimum atomic E-state index is -3.35. The fourth-order valence-corrected chi connectivity index (χ4v) is 4.48. The van der Waals surface area contributed by atoms with Gasteiger partial charge in [-0.25, -0.2) is 13.4 Å². The van der Waals surface area contributed by atoms with E-state index in [9.17, 15) is 8.42 Å². The average molecular weight is 290 g/mol. The van der Waals surface area contributed by atoms with Crippen LogP contribution in [0.2, 0.25) is 0 Å². The van der Waals surface area contributed by atoms with Gasteiger partial charge in [0.25, 0.3) is 0 Å². The Morgan fingerprint density at radius 3 is 2.78 bits per heavy atom. The van der Waals surface area contributed by atoms with Gasteiger partial charge in [0.2, 0.25) is 10.0 Å². The number of nitrogens with one attached hydrogen (secondary N) is 1. The van der Waals surface area contributed by atoms with Gasteiger partial charge in [0, 0.05) is 6.61 Å². The molecule has 0 saturated carbocycles. The summed E-state index contributed by atoms with van der Waals surface area (Å²) >= 11 is 1.36. The van der Waals surface area contributed by atoms with Crippen LogP contribution in [0.3, 0.4) is 0 Å². The molecule has 1 N–H and O–H groups in total.